The molecule has 4 nitrogen and oxygen atoms in total. The van der Waals surface area contributed by atoms with E-state index in [1.807, 2.05) is 13.2 Å². The van der Waals surface area contributed by atoms with Crippen LogP contribution in [-0.2, 0) is 0 Å². The van der Waals surface area contributed by atoms with E-state index in [0.29, 0.717) is 10.8 Å². The van der Waals surface area contributed by atoms with Gasteiger partial charge in [-0.25, -0.2) is 4.98 Å². The first-order chi connectivity index (χ1) is 8.47. The third-order valence-corrected chi connectivity index (χ3v) is 3.74. The number of amides is 1. The highest BCUT2D eigenvalue weighted by Gasteiger charge is 2.21. The van der Waals surface area contributed by atoms with Crippen LogP contribution in [-0.4, -0.2) is 40.9 Å². The van der Waals surface area contributed by atoms with Gasteiger partial charge in [-0.15, -0.1) is 0 Å². The van der Waals surface area contributed by atoms with Crippen LogP contribution in [0.15, 0.2) is 12.1 Å². The molecule has 0 spiro atoms. The summed E-state index contributed by atoms with van der Waals surface area (Å²) in [6.07, 6.45) is 2.98. The van der Waals surface area contributed by atoms with Gasteiger partial charge >= 0.3 is 0 Å². The third-order valence-electron chi connectivity index (χ3n) is 2.79. The summed E-state index contributed by atoms with van der Waals surface area (Å²) in [4.78, 5) is 17.9. The van der Waals surface area contributed by atoms with Gasteiger partial charge < -0.3 is 10.6 Å². The van der Waals surface area contributed by atoms with Gasteiger partial charge in [-0.3, -0.25) is 4.79 Å². The molecule has 1 atom stereocenters. The largest absolute Gasteiger partial charge is 0.384 e. The van der Waals surface area contributed by atoms with Crippen molar-refractivity contribution in [1.82, 2.24) is 9.88 Å². The van der Waals surface area contributed by atoms with Gasteiger partial charge in [-0.05, 0) is 37.5 Å². The normalized spacial score (nSPS) is 12.2. The van der Waals surface area contributed by atoms with Crippen LogP contribution in [0.2, 0.25) is 5.02 Å². The Morgan fingerprint density at radius 2 is 2.28 bits per heavy atom. The molecule has 1 aromatic heterocycles. The lowest BCUT2D eigenvalue weighted by Gasteiger charge is -2.24. The second-order valence-corrected chi connectivity index (χ2v) is 5.51. The smallest absolute Gasteiger partial charge is 0.274 e. The van der Waals surface area contributed by atoms with Crippen LogP contribution in [0.3, 0.4) is 0 Å². The quantitative estimate of drug-likeness (QED) is 0.904. The van der Waals surface area contributed by atoms with E-state index in [9.17, 15) is 4.79 Å². The van der Waals surface area contributed by atoms with E-state index in [1.165, 1.54) is 0 Å². The van der Waals surface area contributed by atoms with Gasteiger partial charge in [0.15, 0.2) is 0 Å². The van der Waals surface area contributed by atoms with Gasteiger partial charge in [-0.1, -0.05) is 11.6 Å². The summed E-state index contributed by atoms with van der Waals surface area (Å²) in [5.74, 6) is 1.12. The standard InChI is InChI=1S/C12H18ClN3OS/c1-8(6-7-18-3)16(2)12(17)11-9(13)4-5-10(14)15-11/h4-5,8H,6-7H2,1-3H3,(H2,14,15). The second-order valence-electron chi connectivity index (χ2n) is 4.11. The zero-order chi connectivity index (χ0) is 13.7. The van der Waals surface area contributed by atoms with Gasteiger partial charge in [0.1, 0.15) is 11.5 Å². The first kappa shape index (κ1) is 15.1. The summed E-state index contributed by atoms with van der Waals surface area (Å²) < 4.78 is 0. The Morgan fingerprint density at radius 3 is 2.89 bits per heavy atom. The Hall–Kier alpha value is -0.940. The number of carbonyl (C=O) groups excluding carboxylic acids is 1. The number of carbonyl (C=O) groups is 1. The average molecular weight is 288 g/mol. The van der Waals surface area contributed by atoms with Crippen molar-refractivity contribution in [3.63, 3.8) is 0 Å². The second kappa shape index (κ2) is 6.85. The maximum Gasteiger partial charge on any atom is 0.274 e. The van der Waals surface area contributed by atoms with Gasteiger partial charge in [-0.2, -0.15) is 11.8 Å². The summed E-state index contributed by atoms with van der Waals surface area (Å²) in [7, 11) is 1.76. The molecule has 0 aromatic carbocycles. The van der Waals surface area contributed by atoms with Gasteiger partial charge in [0.2, 0.25) is 0 Å². The molecule has 0 aliphatic rings. The number of thioether (sulfide) groups is 1. The summed E-state index contributed by atoms with van der Waals surface area (Å²) in [5, 5.41) is 0.332. The van der Waals surface area contributed by atoms with Crippen molar-refractivity contribution < 1.29 is 4.79 Å². The number of aromatic nitrogens is 1. The summed E-state index contributed by atoms with van der Waals surface area (Å²) in [6.45, 7) is 2.01. The molecule has 0 bridgehead atoms. The monoisotopic (exact) mass is 287 g/mol. The minimum absolute atomic E-state index is 0.143. The molecular formula is C12H18ClN3OS. The fourth-order valence-electron chi connectivity index (χ4n) is 1.46. The van der Waals surface area contributed by atoms with Crippen molar-refractivity contribution in [2.75, 3.05) is 24.8 Å². The molecule has 0 radical (unpaired) electrons. The average Bonchev–Trinajstić information content (AvgIpc) is 2.37. The Labute approximate surface area is 117 Å². The van der Waals surface area contributed by atoms with E-state index < -0.39 is 0 Å². The number of pyridine rings is 1. The predicted molar refractivity (Wildman–Crippen MR) is 78.2 cm³/mol. The third kappa shape index (κ3) is 3.78. The summed E-state index contributed by atoms with van der Waals surface area (Å²) in [6, 6.07) is 3.32. The molecule has 1 heterocycles. The molecule has 0 aliphatic heterocycles. The topological polar surface area (TPSA) is 59.2 Å². The molecule has 0 fully saturated rings. The summed E-state index contributed by atoms with van der Waals surface area (Å²) >= 11 is 7.74. The molecule has 2 N–H and O–H groups in total. The molecule has 0 aliphatic carbocycles. The Morgan fingerprint density at radius 1 is 1.61 bits per heavy atom. The Balaban J connectivity index is 2.82. The fraction of sp³-hybridized carbons (Fsp3) is 0.500. The highest BCUT2D eigenvalue weighted by Crippen LogP contribution is 2.18. The van der Waals surface area contributed by atoms with Crippen LogP contribution in [0.25, 0.3) is 0 Å². The minimum atomic E-state index is -0.194. The number of nitrogens with zero attached hydrogens (tertiary/aromatic N) is 2. The number of nitrogen functional groups attached to an aromatic ring is 1. The molecular weight excluding hydrogens is 270 g/mol. The predicted octanol–water partition coefficient (Wildman–Crippen LogP) is 2.53. The summed E-state index contributed by atoms with van der Waals surface area (Å²) in [5.41, 5.74) is 5.80. The molecule has 1 unspecified atom stereocenters. The van der Waals surface area contributed by atoms with Gasteiger partial charge in [0.05, 0.1) is 5.02 Å². The van der Waals surface area contributed by atoms with E-state index in [4.69, 9.17) is 17.3 Å². The minimum Gasteiger partial charge on any atom is -0.384 e. The van der Waals surface area contributed by atoms with Crippen LogP contribution < -0.4 is 5.73 Å². The van der Waals surface area contributed by atoms with Crippen LogP contribution >= 0.6 is 23.4 Å². The maximum atomic E-state index is 12.2. The number of nitrogens with two attached hydrogens (primary N) is 1. The van der Waals surface area contributed by atoms with Crippen LogP contribution in [0.5, 0.6) is 0 Å². The number of hydrogen-bond donors (Lipinski definition) is 1. The van der Waals surface area contributed by atoms with E-state index in [1.54, 1.807) is 35.8 Å². The molecule has 1 aromatic rings. The highest BCUT2D eigenvalue weighted by molar-refractivity contribution is 7.98. The first-order valence-corrected chi connectivity index (χ1v) is 7.42. The number of hydrogen-bond acceptors (Lipinski definition) is 4. The van der Waals surface area contributed by atoms with Crippen molar-refractivity contribution in [3.05, 3.63) is 22.8 Å². The van der Waals surface area contributed by atoms with E-state index in [0.717, 1.165) is 12.2 Å². The SMILES string of the molecule is CSCCC(C)N(C)C(=O)c1nc(N)ccc1Cl. The number of rotatable bonds is 5. The van der Waals surface area contributed by atoms with Gasteiger partial charge in [0.25, 0.3) is 5.91 Å². The van der Waals surface area contributed by atoms with Crippen LogP contribution in [0, 0.1) is 0 Å². The molecule has 0 saturated carbocycles. The molecule has 18 heavy (non-hydrogen) atoms. The molecule has 1 rings (SSSR count). The molecule has 100 valence electrons. The zero-order valence-electron chi connectivity index (χ0n) is 10.8. The number of anilines is 1. The van der Waals surface area contributed by atoms with Crippen LogP contribution in [0.1, 0.15) is 23.8 Å². The van der Waals surface area contributed by atoms with E-state index in [2.05, 4.69) is 4.98 Å². The lowest BCUT2D eigenvalue weighted by Crippen LogP contribution is -2.36. The van der Waals surface area contributed by atoms with Crippen molar-refractivity contribution in [2.24, 2.45) is 0 Å². The van der Waals surface area contributed by atoms with Crippen molar-refractivity contribution in [1.29, 1.82) is 0 Å². The first-order valence-electron chi connectivity index (χ1n) is 5.65. The van der Waals surface area contributed by atoms with Gasteiger partial charge in [0, 0.05) is 13.1 Å². The van der Waals surface area contributed by atoms with Crippen LogP contribution in [0.4, 0.5) is 5.82 Å². The lowest BCUT2D eigenvalue weighted by atomic mass is 10.2. The molecule has 0 saturated heterocycles. The van der Waals surface area contributed by atoms with Crippen molar-refractivity contribution >= 4 is 35.1 Å². The highest BCUT2D eigenvalue weighted by atomic mass is 35.5. The Kier molecular flexibility index (Phi) is 5.75. The van der Waals surface area contributed by atoms with Crippen molar-refractivity contribution in [2.45, 2.75) is 19.4 Å². The molecule has 6 heteroatoms. The zero-order valence-corrected chi connectivity index (χ0v) is 12.4. The fourth-order valence-corrected chi connectivity index (χ4v) is 2.22. The Bertz CT molecular complexity index is 428. The lowest BCUT2D eigenvalue weighted by molar-refractivity contribution is 0.0736. The maximum absolute atomic E-state index is 12.2. The number of halogens is 1. The molecule has 1 amide bonds. The van der Waals surface area contributed by atoms with Crippen molar-refractivity contribution in [3.8, 4) is 0 Å². The van der Waals surface area contributed by atoms with E-state index in [-0.39, 0.29) is 17.6 Å². The van der Waals surface area contributed by atoms with E-state index >= 15 is 0 Å².